The van der Waals surface area contributed by atoms with Crippen molar-refractivity contribution in [2.24, 2.45) is 0 Å². The second kappa shape index (κ2) is 17.6. The molecular formula is C22H34F14OSn. The summed E-state index contributed by atoms with van der Waals surface area (Å²) >= 11 is -3.84. The minimum absolute atomic E-state index is 0.984. The van der Waals surface area contributed by atoms with Crippen LogP contribution in [0.5, 0.6) is 0 Å². The minimum atomic E-state index is -6.74. The van der Waals surface area contributed by atoms with Gasteiger partial charge in [-0.05, 0) is 12.8 Å². The van der Waals surface area contributed by atoms with Crippen LogP contribution < -0.4 is 0 Å². The standard InChI is InChI=1S/C14H30O.2C4H2F7.Sn/c1-3-5-7-9-11-13-15-14-12-10-8-6-4-2;2*1-2(5,6)3(7,8)4(9,10)11;/h3-14H2,1-2H3;2*1H2;. The summed E-state index contributed by atoms with van der Waals surface area (Å²) in [6.45, 7) is 6.48. The van der Waals surface area contributed by atoms with Crippen molar-refractivity contribution < 1.29 is 66.2 Å². The van der Waals surface area contributed by atoms with E-state index in [-0.39, 0.29) is 0 Å². The van der Waals surface area contributed by atoms with Crippen LogP contribution in [0.15, 0.2) is 0 Å². The molecule has 0 aromatic heterocycles. The van der Waals surface area contributed by atoms with Crippen LogP contribution in [0.1, 0.15) is 78.1 Å². The number of halogens is 14. The number of alkyl halides is 14. The van der Waals surface area contributed by atoms with E-state index in [9.17, 15) is 61.5 Å². The molecule has 0 N–H and O–H groups in total. The quantitative estimate of drug-likeness (QED) is 0.0787. The Labute approximate surface area is 223 Å². The Hall–Kier alpha value is -0.221. The van der Waals surface area contributed by atoms with Crippen molar-refractivity contribution in [3.8, 4) is 0 Å². The molecule has 0 aliphatic heterocycles. The zero-order valence-corrected chi connectivity index (χ0v) is 24.0. The van der Waals surface area contributed by atoms with Crippen LogP contribution in [0.25, 0.3) is 0 Å². The Bertz CT molecular complexity index is 556. The third kappa shape index (κ3) is 13.9. The Morgan fingerprint density at radius 3 is 1.00 bits per heavy atom. The zero-order chi connectivity index (χ0) is 30.3. The molecule has 0 spiro atoms. The van der Waals surface area contributed by atoms with Crippen molar-refractivity contribution in [3.05, 3.63) is 0 Å². The van der Waals surface area contributed by atoms with Gasteiger partial charge in [-0.25, -0.2) is 0 Å². The molecule has 38 heavy (non-hydrogen) atoms. The van der Waals surface area contributed by atoms with Crippen LogP contribution in [0.4, 0.5) is 61.5 Å². The van der Waals surface area contributed by atoms with Gasteiger partial charge in [0.05, 0.1) is 0 Å². The van der Waals surface area contributed by atoms with Gasteiger partial charge in [0.1, 0.15) is 0 Å². The fourth-order valence-corrected chi connectivity index (χ4v) is 6.15. The van der Waals surface area contributed by atoms with Crippen LogP contribution in [-0.4, -0.2) is 70.4 Å². The van der Waals surface area contributed by atoms with E-state index in [0.717, 1.165) is 13.2 Å². The fraction of sp³-hybridized carbons (Fsp3) is 1.00. The van der Waals surface area contributed by atoms with Crippen LogP contribution in [0.2, 0.25) is 8.87 Å². The SMILES string of the molecule is CCCCCCCOCCCCCCC.FC(F)(F)C(F)(F)C(F)(F)[CH2][Sn][CH2]C(F)(F)C(F)(F)C(F)(F)F. The van der Waals surface area contributed by atoms with Crippen molar-refractivity contribution >= 4 is 21.1 Å². The summed E-state index contributed by atoms with van der Waals surface area (Å²) in [5, 5.41) is 0. The predicted molar refractivity (Wildman–Crippen MR) is 116 cm³/mol. The van der Waals surface area contributed by atoms with Gasteiger partial charge >= 0.3 is 128 Å². The van der Waals surface area contributed by atoms with Gasteiger partial charge in [-0.1, -0.05) is 65.2 Å². The maximum absolute atomic E-state index is 12.7. The summed E-state index contributed by atoms with van der Waals surface area (Å²) in [7, 11) is 0. The fourth-order valence-electron chi connectivity index (χ4n) is 2.73. The molecule has 2 radical (unpaired) electrons. The first-order valence-corrected chi connectivity index (χ1v) is 16.1. The molecule has 0 amide bonds. The topological polar surface area (TPSA) is 9.23 Å². The first kappa shape index (κ1) is 39.9. The summed E-state index contributed by atoms with van der Waals surface area (Å²) in [5.74, 6) is -25.0. The second-order valence-corrected chi connectivity index (χ2v) is 12.0. The Balaban J connectivity index is 0. The molecule has 0 atom stereocenters. The van der Waals surface area contributed by atoms with Gasteiger partial charge in [-0.3, -0.25) is 0 Å². The van der Waals surface area contributed by atoms with Crippen molar-refractivity contribution in [2.45, 2.75) is 123 Å². The van der Waals surface area contributed by atoms with Crippen LogP contribution in [0.3, 0.4) is 0 Å². The normalized spacial score (nSPS) is 13.9. The molecule has 0 aliphatic carbocycles. The van der Waals surface area contributed by atoms with Gasteiger partial charge in [0, 0.05) is 13.2 Å². The molecule has 0 saturated heterocycles. The van der Waals surface area contributed by atoms with Gasteiger partial charge in [-0.2, -0.15) is 0 Å². The van der Waals surface area contributed by atoms with Gasteiger partial charge in [-0.15, -0.1) is 0 Å². The van der Waals surface area contributed by atoms with E-state index in [4.69, 9.17) is 4.74 Å². The van der Waals surface area contributed by atoms with E-state index >= 15 is 0 Å². The molecule has 230 valence electrons. The number of ether oxygens (including phenoxy) is 1. The first-order valence-electron chi connectivity index (χ1n) is 12.1. The molecule has 0 unspecified atom stereocenters. The molecule has 0 rings (SSSR count). The van der Waals surface area contributed by atoms with Crippen molar-refractivity contribution in [3.63, 3.8) is 0 Å². The second-order valence-electron chi connectivity index (χ2n) is 8.60. The van der Waals surface area contributed by atoms with Crippen molar-refractivity contribution in [1.29, 1.82) is 0 Å². The zero-order valence-electron chi connectivity index (χ0n) is 21.1. The number of hydrogen-bond donors (Lipinski definition) is 0. The number of unbranched alkanes of at least 4 members (excludes halogenated alkanes) is 8. The molecule has 0 bridgehead atoms. The van der Waals surface area contributed by atoms with Gasteiger partial charge in [0.15, 0.2) is 0 Å². The van der Waals surface area contributed by atoms with E-state index in [0.29, 0.717) is 0 Å². The van der Waals surface area contributed by atoms with Gasteiger partial charge in [0.25, 0.3) is 0 Å². The summed E-state index contributed by atoms with van der Waals surface area (Å²) in [5.41, 5.74) is 0. The van der Waals surface area contributed by atoms with Crippen molar-refractivity contribution in [2.75, 3.05) is 13.2 Å². The number of rotatable bonds is 18. The van der Waals surface area contributed by atoms with Gasteiger partial charge < -0.3 is 4.74 Å². The molecule has 1 nitrogen and oxygen atoms in total. The van der Waals surface area contributed by atoms with Crippen LogP contribution in [0, 0.1) is 0 Å². The average Bonchev–Trinajstić information content (AvgIpc) is 2.76. The van der Waals surface area contributed by atoms with E-state index in [2.05, 4.69) is 13.8 Å². The van der Waals surface area contributed by atoms with Gasteiger partial charge in [0.2, 0.25) is 0 Å². The molecule has 0 aromatic rings. The molecule has 0 fully saturated rings. The molecular weight excluding hydrogens is 665 g/mol. The third-order valence-corrected chi connectivity index (χ3v) is 9.07. The molecule has 0 heterocycles. The summed E-state index contributed by atoms with van der Waals surface area (Å²) in [6.07, 6.45) is -0.0583. The first-order chi connectivity index (χ1) is 17.1. The molecule has 16 heteroatoms. The maximum atomic E-state index is 12.7. The van der Waals surface area contributed by atoms with Crippen LogP contribution in [-0.2, 0) is 4.74 Å². The summed E-state index contributed by atoms with van der Waals surface area (Å²) in [6, 6.07) is 0. The third-order valence-electron chi connectivity index (χ3n) is 5.11. The van der Waals surface area contributed by atoms with E-state index in [1.54, 1.807) is 0 Å². The van der Waals surface area contributed by atoms with Crippen LogP contribution >= 0.6 is 0 Å². The number of hydrogen-bond acceptors (Lipinski definition) is 1. The molecule has 0 aromatic carbocycles. The average molecular weight is 699 g/mol. The van der Waals surface area contributed by atoms with E-state index < -0.39 is 66.1 Å². The Kier molecular flexibility index (Phi) is 18.4. The Morgan fingerprint density at radius 1 is 0.447 bits per heavy atom. The van der Waals surface area contributed by atoms with E-state index in [1.165, 1.54) is 64.2 Å². The summed E-state index contributed by atoms with van der Waals surface area (Å²) < 4.78 is 171. The molecule has 0 saturated carbocycles. The van der Waals surface area contributed by atoms with Crippen molar-refractivity contribution in [1.82, 2.24) is 0 Å². The predicted octanol–water partition coefficient (Wildman–Crippen LogP) is 10.1. The summed E-state index contributed by atoms with van der Waals surface area (Å²) in [4.78, 5) is 0. The Morgan fingerprint density at radius 2 is 0.737 bits per heavy atom. The molecule has 0 aliphatic rings. The monoisotopic (exact) mass is 700 g/mol. The van der Waals surface area contributed by atoms with E-state index in [1.807, 2.05) is 0 Å².